The van der Waals surface area contributed by atoms with Crippen molar-refractivity contribution in [3.8, 4) is 5.75 Å². The smallest absolute Gasteiger partial charge is 0.416 e. The molecule has 0 N–H and O–H groups in total. The summed E-state index contributed by atoms with van der Waals surface area (Å²) in [7, 11) is 1.76. The minimum absolute atomic E-state index is 0.0329. The lowest BCUT2D eigenvalue weighted by atomic mass is 10.0. The van der Waals surface area contributed by atoms with Crippen molar-refractivity contribution in [1.82, 2.24) is 14.9 Å². The maximum Gasteiger partial charge on any atom is 0.416 e. The molecule has 3 rings (SSSR count). The van der Waals surface area contributed by atoms with Gasteiger partial charge >= 0.3 is 12.2 Å². The number of ether oxygens (including phenoxy) is 3. The summed E-state index contributed by atoms with van der Waals surface area (Å²) in [5, 5.41) is 0. The van der Waals surface area contributed by atoms with Gasteiger partial charge in [0.05, 0.1) is 12.1 Å². The molecule has 0 unspecified atom stereocenters. The summed E-state index contributed by atoms with van der Waals surface area (Å²) < 4.78 is 17.4. The first-order valence-corrected chi connectivity index (χ1v) is 11.9. The normalized spacial score (nSPS) is 20.6. The second-order valence-corrected chi connectivity index (χ2v) is 11.3. The molecule has 0 radical (unpaired) electrons. The number of hydrogen-bond donors (Lipinski definition) is 0. The van der Waals surface area contributed by atoms with Crippen molar-refractivity contribution in [1.29, 1.82) is 0 Å². The summed E-state index contributed by atoms with van der Waals surface area (Å²) in [5.74, 6) is 1.62. The molecule has 1 saturated heterocycles. The first kappa shape index (κ1) is 25.8. The van der Waals surface area contributed by atoms with E-state index >= 15 is 0 Å². The Balaban J connectivity index is 1.85. The maximum atomic E-state index is 13.2. The van der Waals surface area contributed by atoms with Crippen LogP contribution in [0.3, 0.4) is 0 Å². The van der Waals surface area contributed by atoms with Gasteiger partial charge in [-0.2, -0.15) is 0 Å². The van der Waals surface area contributed by atoms with E-state index in [2.05, 4.69) is 14.9 Å². The van der Waals surface area contributed by atoms with Crippen molar-refractivity contribution < 1.29 is 23.8 Å². The average Bonchev–Trinajstić information content (AvgIpc) is 3.19. The quantitative estimate of drug-likeness (QED) is 0.642. The van der Waals surface area contributed by atoms with Crippen LogP contribution in [0.25, 0.3) is 0 Å². The predicted molar refractivity (Wildman–Crippen MR) is 129 cm³/mol. The van der Waals surface area contributed by atoms with Crippen molar-refractivity contribution in [2.45, 2.75) is 85.1 Å². The SMILES string of the molecule is CC(C)[C@@H]1COc2c(N3CC[C@@H](N(C)C(=O)OC(C)(C)C)C3)ncnc2N1C(=O)OC(C)(C)C. The van der Waals surface area contributed by atoms with Crippen LogP contribution in [-0.2, 0) is 9.47 Å². The highest BCUT2D eigenvalue weighted by molar-refractivity contribution is 5.91. The number of anilines is 2. The number of aromatic nitrogens is 2. The van der Waals surface area contributed by atoms with Crippen LogP contribution in [0, 0.1) is 5.92 Å². The van der Waals surface area contributed by atoms with Crippen LogP contribution < -0.4 is 14.5 Å². The Kier molecular flexibility index (Phi) is 7.19. The van der Waals surface area contributed by atoms with Crippen LogP contribution in [0.5, 0.6) is 5.75 Å². The van der Waals surface area contributed by atoms with Gasteiger partial charge in [0.25, 0.3) is 0 Å². The zero-order valence-electron chi connectivity index (χ0n) is 21.9. The van der Waals surface area contributed by atoms with Crippen molar-refractivity contribution in [2.24, 2.45) is 5.92 Å². The van der Waals surface area contributed by atoms with E-state index in [4.69, 9.17) is 14.2 Å². The van der Waals surface area contributed by atoms with Crippen molar-refractivity contribution in [3.05, 3.63) is 6.33 Å². The van der Waals surface area contributed by atoms with Gasteiger partial charge in [0, 0.05) is 20.1 Å². The number of carbonyl (C=O) groups is 2. The van der Waals surface area contributed by atoms with E-state index in [9.17, 15) is 9.59 Å². The molecule has 3 heterocycles. The number of nitrogens with zero attached hydrogens (tertiary/aromatic N) is 5. The molecule has 2 aliphatic heterocycles. The number of hydrogen-bond acceptors (Lipinski definition) is 8. The van der Waals surface area contributed by atoms with Crippen molar-refractivity contribution in [3.63, 3.8) is 0 Å². The molecule has 2 aliphatic rings. The molecule has 2 amide bonds. The van der Waals surface area contributed by atoms with Gasteiger partial charge in [-0.05, 0) is 53.9 Å². The van der Waals surface area contributed by atoms with E-state index in [1.54, 1.807) is 16.8 Å². The number of rotatable bonds is 3. The molecular weight excluding hydrogens is 438 g/mol. The third kappa shape index (κ3) is 5.82. The lowest BCUT2D eigenvalue weighted by Gasteiger charge is -2.39. The molecular formula is C24H39N5O5. The van der Waals surface area contributed by atoms with E-state index < -0.39 is 17.3 Å². The molecule has 0 aliphatic carbocycles. The van der Waals surface area contributed by atoms with Gasteiger partial charge in [-0.25, -0.2) is 19.6 Å². The predicted octanol–water partition coefficient (Wildman–Crippen LogP) is 4.08. The molecule has 2 atom stereocenters. The second-order valence-electron chi connectivity index (χ2n) is 11.3. The van der Waals surface area contributed by atoms with Crippen LogP contribution in [0.1, 0.15) is 61.8 Å². The summed E-state index contributed by atoms with van der Waals surface area (Å²) in [6, 6.07) is -0.246. The van der Waals surface area contributed by atoms with Crippen LogP contribution in [0.15, 0.2) is 6.33 Å². The summed E-state index contributed by atoms with van der Waals surface area (Å²) >= 11 is 0. The Hall–Kier alpha value is -2.78. The fourth-order valence-electron chi connectivity index (χ4n) is 4.04. The van der Waals surface area contributed by atoms with E-state index in [1.165, 1.54) is 6.33 Å². The fourth-order valence-corrected chi connectivity index (χ4v) is 4.04. The highest BCUT2D eigenvalue weighted by Gasteiger charge is 2.41. The molecule has 1 aromatic rings. The van der Waals surface area contributed by atoms with Crippen LogP contribution in [0.4, 0.5) is 21.2 Å². The van der Waals surface area contributed by atoms with Crippen molar-refractivity contribution in [2.75, 3.05) is 36.5 Å². The molecule has 10 heteroatoms. The monoisotopic (exact) mass is 477 g/mol. The van der Waals surface area contributed by atoms with Gasteiger partial charge in [-0.1, -0.05) is 13.8 Å². The first-order valence-electron chi connectivity index (χ1n) is 11.9. The minimum atomic E-state index is -0.638. The van der Waals surface area contributed by atoms with Gasteiger partial charge in [-0.15, -0.1) is 0 Å². The lowest BCUT2D eigenvalue weighted by Crippen LogP contribution is -2.52. The Bertz CT molecular complexity index is 908. The zero-order chi connectivity index (χ0) is 25.4. The summed E-state index contributed by atoms with van der Waals surface area (Å²) in [6.07, 6.45) is 1.40. The summed E-state index contributed by atoms with van der Waals surface area (Å²) in [5.41, 5.74) is -1.19. The molecule has 10 nitrogen and oxygen atoms in total. The van der Waals surface area contributed by atoms with Crippen LogP contribution in [-0.4, -0.2) is 77.1 Å². The number of fused-ring (bicyclic) bond motifs is 1. The van der Waals surface area contributed by atoms with Crippen LogP contribution >= 0.6 is 0 Å². The first-order chi connectivity index (χ1) is 15.7. The standard InChI is InChI=1S/C24H39N5O5/c1-15(2)17-13-32-18-19(25-14-26-20(18)29(17)22(31)34-24(6,7)8)28-11-10-16(12-28)27(9)21(30)33-23(3,4)5/h14-17H,10-13H2,1-9H3/t16-,17+/m1/s1. The molecule has 0 bridgehead atoms. The zero-order valence-corrected chi connectivity index (χ0v) is 21.9. The molecule has 1 fully saturated rings. The van der Waals surface area contributed by atoms with Gasteiger partial charge in [0.15, 0.2) is 11.6 Å². The Labute approximate surface area is 202 Å². The molecule has 0 saturated carbocycles. The van der Waals surface area contributed by atoms with Gasteiger partial charge in [0.1, 0.15) is 24.1 Å². The van der Waals surface area contributed by atoms with E-state index in [-0.39, 0.29) is 24.1 Å². The topological polar surface area (TPSA) is 97.3 Å². The summed E-state index contributed by atoms with van der Waals surface area (Å²) in [4.78, 5) is 39.9. The maximum absolute atomic E-state index is 13.2. The molecule has 34 heavy (non-hydrogen) atoms. The number of carbonyl (C=O) groups excluding carboxylic acids is 2. The minimum Gasteiger partial charge on any atom is -0.484 e. The number of amides is 2. The van der Waals surface area contributed by atoms with Crippen molar-refractivity contribution >= 4 is 23.8 Å². The van der Waals surface area contributed by atoms with Crippen LogP contribution in [0.2, 0.25) is 0 Å². The third-order valence-electron chi connectivity index (χ3n) is 5.78. The molecule has 0 aromatic carbocycles. The van der Waals surface area contributed by atoms with E-state index in [0.717, 1.165) is 6.42 Å². The Morgan fingerprint density at radius 3 is 2.29 bits per heavy atom. The molecule has 190 valence electrons. The number of likely N-dealkylation sites (N-methyl/N-ethyl adjacent to an activating group) is 1. The van der Waals surface area contributed by atoms with Gasteiger partial charge in [-0.3, -0.25) is 4.90 Å². The average molecular weight is 478 g/mol. The second kappa shape index (κ2) is 9.46. The largest absolute Gasteiger partial charge is 0.484 e. The molecule has 0 spiro atoms. The Morgan fingerprint density at radius 2 is 1.71 bits per heavy atom. The third-order valence-corrected chi connectivity index (χ3v) is 5.78. The highest BCUT2D eigenvalue weighted by atomic mass is 16.6. The lowest BCUT2D eigenvalue weighted by molar-refractivity contribution is 0.0237. The highest BCUT2D eigenvalue weighted by Crippen LogP contribution is 2.41. The summed E-state index contributed by atoms with van der Waals surface area (Å²) in [6.45, 7) is 16.7. The van der Waals surface area contributed by atoms with E-state index in [0.29, 0.717) is 37.1 Å². The van der Waals surface area contributed by atoms with E-state index in [1.807, 2.05) is 55.4 Å². The Morgan fingerprint density at radius 1 is 1.09 bits per heavy atom. The van der Waals surface area contributed by atoms with Gasteiger partial charge < -0.3 is 24.0 Å². The van der Waals surface area contributed by atoms with Gasteiger partial charge in [0.2, 0.25) is 5.75 Å². The molecule has 1 aromatic heterocycles. The fraction of sp³-hybridized carbons (Fsp3) is 0.750.